The minimum absolute atomic E-state index is 0.0972. The number of carboxylic acid groups (broad SMARTS) is 1. The molecule has 2 N–H and O–H groups in total. The van der Waals surface area contributed by atoms with E-state index in [1.165, 1.54) is 70.6 Å². The molecule has 146 valence electrons. The lowest BCUT2D eigenvalue weighted by molar-refractivity contribution is -0.137. The zero-order valence-electron chi connectivity index (χ0n) is 16.9. The van der Waals surface area contributed by atoms with Crippen molar-refractivity contribution in [1.82, 2.24) is 0 Å². The maximum absolute atomic E-state index is 10.3. The van der Waals surface area contributed by atoms with Crippen LogP contribution >= 0.6 is 0 Å². The molecule has 0 bridgehead atoms. The summed E-state index contributed by atoms with van der Waals surface area (Å²) >= 11 is 0. The lowest BCUT2D eigenvalue weighted by Gasteiger charge is -2.11. The van der Waals surface area contributed by atoms with E-state index in [0.717, 1.165) is 12.8 Å². The standard InChI is InChI=1S/C16H32O2.C5H12O/c1-2-3-4-5-6-7-8-9-10-11-12-13-14-15-16(17)18;1-5(2,3)4-6/h2-15H2,1H3,(H,17,18);6H,4H2,1-3H3. The molecular formula is C21H44O3. The number of rotatable bonds is 14. The number of hydrogen-bond acceptors (Lipinski definition) is 2. The maximum atomic E-state index is 10.3. The third-order valence-corrected chi connectivity index (χ3v) is 3.97. The minimum atomic E-state index is -0.655. The number of carbonyl (C=O) groups is 1. The van der Waals surface area contributed by atoms with Gasteiger partial charge in [-0.2, -0.15) is 0 Å². The van der Waals surface area contributed by atoms with Gasteiger partial charge in [-0.25, -0.2) is 0 Å². The normalized spacial score (nSPS) is 11.0. The maximum Gasteiger partial charge on any atom is 0.303 e. The van der Waals surface area contributed by atoms with Gasteiger partial charge >= 0.3 is 5.97 Å². The van der Waals surface area contributed by atoms with Crippen LogP contribution in [0.15, 0.2) is 0 Å². The summed E-state index contributed by atoms with van der Waals surface area (Å²) in [7, 11) is 0. The van der Waals surface area contributed by atoms with Crippen molar-refractivity contribution in [3.8, 4) is 0 Å². The topological polar surface area (TPSA) is 57.5 Å². The number of aliphatic carboxylic acids is 1. The molecule has 3 nitrogen and oxygen atoms in total. The molecule has 0 aliphatic heterocycles. The summed E-state index contributed by atoms with van der Waals surface area (Å²) in [5, 5.41) is 16.9. The van der Waals surface area contributed by atoms with Gasteiger partial charge in [-0.05, 0) is 11.8 Å². The molecule has 0 radical (unpaired) electrons. The highest BCUT2D eigenvalue weighted by Crippen LogP contribution is 2.12. The van der Waals surface area contributed by atoms with Crippen molar-refractivity contribution in [2.45, 2.75) is 118 Å². The van der Waals surface area contributed by atoms with E-state index in [4.69, 9.17) is 10.2 Å². The highest BCUT2D eigenvalue weighted by molar-refractivity contribution is 5.66. The van der Waals surface area contributed by atoms with E-state index in [2.05, 4.69) is 6.92 Å². The van der Waals surface area contributed by atoms with Gasteiger partial charge in [0.2, 0.25) is 0 Å². The molecule has 0 aromatic heterocycles. The fraction of sp³-hybridized carbons (Fsp3) is 0.952. The first-order valence-electron chi connectivity index (χ1n) is 10.2. The van der Waals surface area contributed by atoms with Crippen LogP contribution in [0.25, 0.3) is 0 Å². The van der Waals surface area contributed by atoms with Crippen LogP contribution in [-0.4, -0.2) is 22.8 Å². The summed E-state index contributed by atoms with van der Waals surface area (Å²) in [4.78, 5) is 10.3. The van der Waals surface area contributed by atoms with E-state index in [1.54, 1.807) is 0 Å². The Morgan fingerprint density at radius 1 is 0.708 bits per heavy atom. The summed E-state index contributed by atoms with van der Waals surface area (Å²) in [5.41, 5.74) is 0.0972. The quantitative estimate of drug-likeness (QED) is 0.350. The van der Waals surface area contributed by atoms with Gasteiger partial charge in [-0.15, -0.1) is 0 Å². The van der Waals surface area contributed by atoms with Crippen molar-refractivity contribution >= 4 is 5.97 Å². The first kappa shape index (κ1) is 25.7. The Bertz CT molecular complexity index is 256. The first-order valence-corrected chi connectivity index (χ1v) is 10.2. The third-order valence-electron chi connectivity index (χ3n) is 3.97. The van der Waals surface area contributed by atoms with Crippen molar-refractivity contribution in [1.29, 1.82) is 0 Å². The largest absolute Gasteiger partial charge is 0.481 e. The fourth-order valence-corrected chi connectivity index (χ4v) is 2.29. The van der Waals surface area contributed by atoms with Crippen LogP contribution in [0.5, 0.6) is 0 Å². The van der Waals surface area contributed by atoms with Gasteiger partial charge in [-0.3, -0.25) is 4.79 Å². The Labute approximate surface area is 151 Å². The molecule has 0 aliphatic carbocycles. The molecule has 0 saturated carbocycles. The average Bonchev–Trinajstić information content (AvgIpc) is 2.51. The van der Waals surface area contributed by atoms with Gasteiger partial charge in [0, 0.05) is 13.0 Å². The van der Waals surface area contributed by atoms with Crippen molar-refractivity contribution in [3.05, 3.63) is 0 Å². The second-order valence-corrected chi connectivity index (χ2v) is 8.11. The zero-order chi connectivity index (χ0) is 18.7. The predicted octanol–water partition coefficient (Wildman–Crippen LogP) is 6.58. The van der Waals surface area contributed by atoms with Crippen molar-refractivity contribution in [2.75, 3.05) is 6.61 Å². The van der Waals surface area contributed by atoms with Gasteiger partial charge in [-0.1, -0.05) is 105 Å². The Kier molecular flexibility index (Phi) is 20.1. The second kappa shape index (κ2) is 18.8. The average molecular weight is 345 g/mol. The number of carboxylic acids is 1. The van der Waals surface area contributed by atoms with Crippen LogP contribution in [0.3, 0.4) is 0 Å². The lowest BCUT2D eigenvalue weighted by atomic mass is 9.99. The van der Waals surface area contributed by atoms with Gasteiger partial charge in [0.25, 0.3) is 0 Å². The van der Waals surface area contributed by atoms with Crippen LogP contribution in [0.1, 0.15) is 118 Å². The van der Waals surface area contributed by atoms with E-state index in [9.17, 15) is 4.79 Å². The first-order chi connectivity index (χ1) is 11.3. The summed E-state index contributed by atoms with van der Waals surface area (Å²) in [5.74, 6) is -0.655. The molecule has 0 saturated heterocycles. The smallest absolute Gasteiger partial charge is 0.303 e. The Hall–Kier alpha value is -0.570. The molecule has 3 heteroatoms. The Morgan fingerprint density at radius 2 is 1.00 bits per heavy atom. The Balaban J connectivity index is 0. The molecule has 0 unspecified atom stereocenters. The highest BCUT2D eigenvalue weighted by Gasteiger charge is 2.05. The number of aliphatic hydroxyl groups excluding tert-OH is 1. The summed E-state index contributed by atoms with van der Waals surface area (Å²) in [6, 6.07) is 0. The van der Waals surface area contributed by atoms with E-state index in [-0.39, 0.29) is 12.0 Å². The third kappa shape index (κ3) is 29.4. The molecule has 0 aromatic carbocycles. The molecule has 0 atom stereocenters. The fourth-order valence-electron chi connectivity index (χ4n) is 2.29. The molecule has 0 amide bonds. The number of hydrogen-bond donors (Lipinski definition) is 2. The summed E-state index contributed by atoms with van der Waals surface area (Å²) < 4.78 is 0. The van der Waals surface area contributed by atoms with Crippen LogP contribution in [0.4, 0.5) is 0 Å². The summed E-state index contributed by atoms with van der Waals surface area (Å²) in [6.07, 6.45) is 17.3. The van der Waals surface area contributed by atoms with E-state index >= 15 is 0 Å². The van der Waals surface area contributed by atoms with Gasteiger partial charge in [0.1, 0.15) is 0 Å². The zero-order valence-corrected chi connectivity index (χ0v) is 16.9. The second-order valence-electron chi connectivity index (χ2n) is 8.11. The molecular weight excluding hydrogens is 300 g/mol. The van der Waals surface area contributed by atoms with Crippen LogP contribution < -0.4 is 0 Å². The number of unbranched alkanes of at least 4 members (excludes halogenated alkanes) is 12. The SMILES string of the molecule is CC(C)(C)CO.CCCCCCCCCCCCCCCC(=O)O. The van der Waals surface area contributed by atoms with E-state index < -0.39 is 5.97 Å². The number of aliphatic hydroxyl groups is 1. The Morgan fingerprint density at radius 3 is 1.25 bits per heavy atom. The predicted molar refractivity (Wildman–Crippen MR) is 104 cm³/mol. The van der Waals surface area contributed by atoms with E-state index in [0.29, 0.717) is 6.42 Å². The van der Waals surface area contributed by atoms with Gasteiger partial charge in [0.15, 0.2) is 0 Å². The summed E-state index contributed by atoms with van der Waals surface area (Å²) in [6.45, 7) is 8.51. The molecule has 0 spiro atoms. The van der Waals surface area contributed by atoms with Gasteiger partial charge < -0.3 is 10.2 Å². The van der Waals surface area contributed by atoms with Crippen LogP contribution in [-0.2, 0) is 4.79 Å². The molecule has 0 aliphatic rings. The van der Waals surface area contributed by atoms with Gasteiger partial charge in [0.05, 0.1) is 0 Å². The highest BCUT2D eigenvalue weighted by atomic mass is 16.4. The monoisotopic (exact) mass is 344 g/mol. The van der Waals surface area contributed by atoms with Crippen LogP contribution in [0, 0.1) is 5.41 Å². The molecule has 0 fully saturated rings. The minimum Gasteiger partial charge on any atom is -0.481 e. The van der Waals surface area contributed by atoms with E-state index in [1.807, 2.05) is 20.8 Å². The van der Waals surface area contributed by atoms with Crippen LogP contribution in [0.2, 0.25) is 0 Å². The molecule has 24 heavy (non-hydrogen) atoms. The molecule has 0 aromatic rings. The van der Waals surface area contributed by atoms with Crippen molar-refractivity contribution < 1.29 is 15.0 Å². The molecule has 0 rings (SSSR count). The molecule has 0 heterocycles. The van der Waals surface area contributed by atoms with Crippen molar-refractivity contribution in [2.24, 2.45) is 5.41 Å². The lowest BCUT2D eigenvalue weighted by Crippen LogP contribution is -2.09. The van der Waals surface area contributed by atoms with Crippen molar-refractivity contribution in [3.63, 3.8) is 0 Å².